The van der Waals surface area contributed by atoms with Gasteiger partial charge < -0.3 is 14.2 Å². The highest BCUT2D eigenvalue weighted by Gasteiger charge is 2.18. The van der Waals surface area contributed by atoms with Gasteiger partial charge in [-0.15, -0.1) is 0 Å². The Morgan fingerprint density at radius 2 is 1.90 bits per heavy atom. The van der Waals surface area contributed by atoms with E-state index in [1.165, 1.54) is 23.7 Å². The summed E-state index contributed by atoms with van der Waals surface area (Å²) in [5.41, 5.74) is 0. The summed E-state index contributed by atoms with van der Waals surface area (Å²) in [6.07, 6.45) is 8.56. The number of nitrogens with zero attached hydrogens (tertiary/aromatic N) is 2. The molecule has 1 amide bonds. The van der Waals surface area contributed by atoms with Gasteiger partial charge in [0, 0.05) is 18.6 Å². The third kappa shape index (κ3) is 5.45. The first-order valence-electron chi connectivity index (χ1n) is 7.21. The van der Waals surface area contributed by atoms with Crippen LogP contribution in [-0.4, -0.2) is 49.2 Å². The summed E-state index contributed by atoms with van der Waals surface area (Å²) in [5, 5.41) is 0. The third-order valence-electron chi connectivity index (χ3n) is 3.29. The summed E-state index contributed by atoms with van der Waals surface area (Å²) in [6, 6.07) is 0. The lowest BCUT2D eigenvalue weighted by Crippen LogP contribution is -2.30. The molecule has 116 valence electrons. The van der Waals surface area contributed by atoms with Crippen LogP contribution in [0.1, 0.15) is 32.1 Å². The third-order valence-corrected chi connectivity index (χ3v) is 3.29. The Hall–Kier alpha value is -2.05. The molecule has 1 aliphatic carbocycles. The van der Waals surface area contributed by atoms with Gasteiger partial charge in [-0.1, -0.05) is 6.42 Å². The smallest absolute Gasteiger partial charge is 0.446 e. The van der Waals surface area contributed by atoms with Crippen molar-refractivity contribution in [2.24, 2.45) is 4.99 Å². The number of rotatable bonds is 4. The Morgan fingerprint density at radius 3 is 2.62 bits per heavy atom. The minimum atomic E-state index is -0.692. The van der Waals surface area contributed by atoms with Crippen molar-refractivity contribution < 1.29 is 23.8 Å². The summed E-state index contributed by atoms with van der Waals surface area (Å²) < 4.78 is 15.0. The molecule has 0 atom stereocenters. The van der Waals surface area contributed by atoms with Crippen molar-refractivity contribution in [1.29, 1.82) is 0 Å². The quantitative estimate of drug-likeness (QED) is 0.588. The first-order chi connectivity index (χ1) is 10.3. The molecular formula is C14H20N2O5. The maximum Gasteiger partial charge on any atom is 0.508 e. The number of ether oxygens (including phenoxy) is 3. The summed E-state index contributed by atoms with van der Waals surface area (Å²) in [6.45, 7) is 0.364. The van der Waals surface area contributed by atoms with Crippen LogP contribution in [0.5, 0.6) is 0 Å². The van der Waals surface area contributed by atoms with Gasteiger partial charge in [0.1, 0.15) is 19.3 Å². The largest absolute Gasteiger partial charge is 0.508 e. The van der Waals surface area contributed by atoms with E-state index in [0.29, 0.717) is 6.54 Å². The minimum Gasteiger partial charge on any atom is -0.446 e. The second-order valence-corrected chi connectivity index (χ2v) is 4.87. The van der Waals surface area contributed by atoms with Crippen LogP contribution < -0.4 is 0 Å². The van der Waals surface area contributed by atoms with E-state index < -0.39 is 12.2 Å². The SMILES string of the molecule is O=C(OCCOC(=O)N1C=CN=CC1)OC1CCCCC1. The predicted octanol–water partition coefficient (Wildman–Crippen LogP) is 2.47. The second-order valence-electron chi connectivity index (χ2n) is 4.87. The Labute approximate surface area is 123 Å². The zero-order valence-electron chi connectivity index (χ0n) is 11.9. The molecule has 0 bridgehead atoms. The van der Waals surface area contributed by atoms with E-state index in [-0.39, 0.29) is 19.3 Å². The average molecular weight is 296 g/mol. The molecule has 0 aromatic carbocycles. The van der Waals surface area contributed by atoms with E-state index in [4.69, 9.17) is 14.2 Å². The molecule has 7 heteroatoms. The molecule has 1 saturated carbocycles. The normalized spacial score (nSPS) is 18.4. The summed E-state index contributed by atoms with van der Waals surface area (Å²) in [4.78, 5) is 28.2. The first-order valence-corrected chi connectivity index (χ1v) is 7.21. The van der Waals surface area contributed by atoms with E-state index in [2.05, 4.69) is 4.99 Å². The number of aliphatic imine (C=N–C) groups is 1. The van der Waals surface area contributed by atoms with Crippen molar-refractivity contribution in [3.8, 4) is 0 Å². The highest BCUT2D eigenvalue weighted by atomic mass is 16.7. The number of carbonyl (C=O) groups is 2. The van der Waals surface area contributed by atoms with E-state index in [1.54, 1.807) is 6.21 Å². The molecular weight excluding hydrogens is 276 g/mol. The highest BCUT2D eigenvalue weighted by Crippen LogP contribution is 2.20. The van der Waals surface area contributed by atoms with Crippen molar-refractivity contribution in [2.45, 2.75) is 38.2 Å². The molecule has 0 spiro atoms. The zero-order valence-corrected chi connectivity index (χ0v) is 11.9. The van der Waals surface area contributed by atoms with Crippen LogP contribution in [0.4, 0.5) is 9.59 Å². The lowest BCUT2D eigenvalue weighted by atomic mass is 9.98. The number of hydrogen-bond acceptors (Lipinski definition) is 6. The number of carbonyl (C=O) groups excluding carboxylic acids is 2. The average Bonchev–Trinajstić information content (AvgIpc) is 2.53. The standard InChI is InChI=1S/C14H20N2O5/c17-13(16-8-6-15-7-9-16)19-10-11-20-14(18)21-12-4-2-1-3-5-12/h6-8,12H,1-5,9-11H2. The fourth-order valence-electron chi connectivity index (χ4n) is 2.20. The topological polar surface area (TPSA) is 77.4 Å². The van der Waals surface area contributed by atoms with Gasteiger partial charge in [-0.05, 0) is 25.7 Å². The maximum absolute atomic E-state index is 11.6. The van der Waals surface area contributed by atoms with Crippen molar-refractivity contribution >= 4 is 18.5 Å². The van der Waals surface area contributed by atoms with Crippen LogP contribution in [0.3, 0.4) is 0 Å². The van der Waals surface area contributed by atoms with Gasteiger partial charge in [0.05, 0.1) is 6.54 Å². The zero-order chi connectivity index (χ0) is 14.9. The monoisotopic (exact) mass is 296 g/mol. The number of hydrogen-bond donors (Lipinski definition) is 0. The molecule has 2 rings (SSSR count). The van der Waals surface area contributed by atoms with Gasteiger partial charge in [-0.25, -0.2) is 9.59 Å². The minimum absolute atomic E-state index is 0.0000822. The first kappa shape index (κ1) is 15.3. The van der Waals surface area contributed by atoms with Crippen LogP contribution in [0.25, 0.3) is 0 Å². The van der Waals surface area contributed by atoms with Gasteiger partial charge in [0.15, 0.2) is 0 Å². The van der Waals surface area contributed by atoms with Crippen LogP contribution in [0, 0.1) is 0 Å². The van der Waals surface area contributed by atoms with Crippen LogP contribution in [0.2, 0.25) is 0 Å². The van der Waals surface area contributed by atoms with E-state index >= 15 is 0 Å². The van der Waals surface area contributed by atoms with Crippen molar-refractivity contribution in [3.05, 3.63) is 12.4 Å². The fourth-order valence-corrected chi connectivity index (χ4v) is 2.20. The predicted molar refractivity (Wildman–Crippen MR) is 75.0 cm³/mol. The van der Waals surface area contributed by atoms with Gasteiger partial charge in [-0.2, -0.15) is 0 Å². The fraction of sp³-hybridized carbons (Fsp3) is 0.643. The van der Waals surface area contributed by atoms with Crippen molar-refractivity contribution in [3.63, 3.8) is 0 Å². The highest BCUT2D eigenvalue weighted by molar-refractivity contribution is 5.75. The maximum atomic E-state index is 11.6. The van der Waals surface area contributed by atoms with E-state index in [1.807, 2.05) is 0 Å². The Balaban J connectivity index is 1.54. The lowest BCUT2D eigenvalue weighted by Gasteiger charge is -2.21. The Bertz CT molecular complexity index is 416. The van der Waals surface area contributed by atoms with Gasteiger partial charge >= 0.3 is 12.2 Å². The Kier molecular flexibility index (Phi) is 6.05. The Morgan fingerprint density at radius 1 is 1.14 bits per heavy atom. The van der Waals surface area contributed by atoms with Crippen LogP contribution in [0.15, 0.2) is 17.4 Å². The molecule has 0 aromatic heterocycles. The lowest BCUT2D eigenvalue weighted by molar-refractivity contribution is 0.00141. The second kappa shape index (κ2) is 8.28. The van der Waals surface area contributed by atoms with Gasteiger partial charge in [0.25, 0.3) is 0 Å². The molecule has 0 saturated heterocycles. The molecule has 1 fully saturated rings. The van der Waals surface area contributed by atoms with Gasteiger partial charge in [-0.3, -0.25) is 9.89 Å². The van der Waals surface area contributed by atoms with Gasteiger partial charge in [0.2, 0.25) is 0 Å². The summed E-state index contributed by atoms with van der Waals surface area (Å²) >= 11 is 0. The number of amides is 1. The summed E-state index contributed by atoms with van der Waals surface area (Å²) in [7, 11) is 0. The van der Waals surface area contributed by atoms with Crippen molar-refractivity contribution in [2.75, 3.05) is 19.8 Å². The molecule has 1 aliphatic heterocycles. The molecule has 0 radical (unpaired) electrons. The van der Waals surface area contributed by atoms with Crippen molar-refractivity contribution in [1.82, 2.24) is 4.90 Å². The molecule has 2 aliphatic rings. The van der Waals surface area contributed by atoms with E-state index in [0.717, 1.165) is 25.7 Å². The van der Waals surface area contributed by atoms with E-state index in [9.17, 15) is 9.59 Å². The molecule has 0 N–H and O–H groups in total. The molecule has 7 nitrogen and oxygen atoms in total. The molecule has 0 unspecified atom stereocenters. The summed E-state index contributed by atoms with van der Waals surface area (Å²) in [5.74, 6) is 0. The van der Waals surface area contributed by atoms with Crippen LogP contribution >= 0.6 is 0 Å². The molecule has 0 aromatic rings. The van der Waals surface area contributed by atoms with Crippen LogP contribution in [-0.2, 0) is 14.2 Å². The molecule has 1 heterocycles. The molecule has 21 heavy (non-hydrogen) atoms.